The molecular weight excluding hydrogens is 237 g/mol. The van der Waals surface area contributed by atoms with Gasteiger partial charge in [0.05, 0.1) is 0 Å². The Morgan fingerprint density at radius 1 is 1.26 bits per heavy atom. The quantitative estimate of drug-likeness (QED) is 0.809. The highest BCUT2D eigenvalue weighted by molar-refractivity contribution is 5.48. The second-order valence-corrected chi connectivity index (χ2v) is 7.27. The van der Waals surface area contributed by atoms with Crippen LogP contribution in [0.1, 0.15) is 45.6 Å². The Labute approximate surface area is 115 Å². The maximum Gasteiger partial charge on any atom is 0.126 e. The Morgan fingerprint density at radius 2 is 2.00 bits per heavy atom. The van der Waals surface area contributed by atoms with Crippen molar-refractivity contribution in [3.63, 3.8) is 0 Å². The lowest BCUT2D eigenvalue weighted by molar-refractivity contribution is 0.142. The van der Waals surface area contributed by atoms with Gasteiger partial charge in [-0.05, 0) is 66.7 Å². The van der Waals surface area contributed by atoms with Crippen molar-refractivity contribution < 1.29 is 4.39 Å². The molecule has 2 bridgehead atoms. The fourth-order valence-electron chi connectivity index (χ4n) is 4.36. The number of aryl methyl sites for hydroxylation is 1. The largest absolute Gasteiger partial charge is 0.382 e. The highest BCUT2D eigenvalue weighted by Gasteiger charge is 2.61. The van der Waals surface area contributed by atoms with Crippen LogP contribution in [0.2, 0.25) is 0 Å². The molecule has 2 aliphatic carbocycles. The zero-order chi connectivity index (χ0) is 13.8. The van der Waals surface area contributed by atoms with Crippen LogP contribution < -0.4 is 5.32 Å². The summed E-state index contributed by atoms with van der Waals surface area (Å²) in [5.41, 5.74) is 2.56. The van der Waals surface area contributed by atoms with Gasteiger partial charge in [0.1, 0.15) is 5.82 Å². The maximum atomic E-state index is 13.3. The monoisotopic (exact) mass is 261 g/mol. The first-order valence-corrected chi connectivity index (χ1v) is 7.37. The van der Waals surface area contributed by atoms with E-state index in [1.165, 1.54) is 19.3 Å². The van der Waals surface area contributed by atoms with Gasteiger partial charge in [0.25, 0.3) is 0 Å². The van der Waals surface area contributed by atoms with Crippen molar-refractivity contribution in [1.29, 1.82) is 0 Å². The van der Waals surface area contributed by atoms with E-state index in [9.17, 15) is 4.39 Å². The minimum atomic E-state index is -0.120. The second kappa shape index (κ2) is 3.97. The molecule has 0 saturated heterocycles. The molecule has 2 fully saturated rings. The van der Waals surface area contributed by atoms with Crippen molar-refractivity contribution in [3.05, 3.63) is 29.6 Å². The molecule has 2 saturated carbocycles. The van der Waals surface area contributed by atoms with Gasteiger partial charge in [0, 0.05) is 11.7 Å². The predicted molar refractivity (Wildman–Crippen MR) is 77.8 cm³/mol. The van der Waals surface area contributed by atoms with Gasteiger partial charge in [-0.1, -0.05) is 20.8 Å². The topological polar surface area (TPSA) is 12.0 Å². The van der Waals surface area contributed by atoms with Crippen molar-refractivity contribution in [1.82, 2.24) is 0 Å². The van der Waals surface area contributed by atoms with Gasteiger partial charge in [-0.3, -0.25) is 0 Å². The van der Waals surface area contributed by atoms with E-state index in [2.05, 4.69) is 26.1 Å². The van der Waals surface area contributed by atoms with E-state index in [0.29, 0.717) is 16.9 Å². The summed E-state index contributed by atoms with van der Waals surface area (Å²) in [6.07, 6.45) is 3.92. The number of benzene rings is 1. The van der Waals surface area contributed by atoms with Gasteiger partial charge < -0.3 is 5.32 Å². The van der Waals surface area contributed by atoms with Crippen LogP contribution in [0.25, 0.3) is 0 Å². The van der Waals surface area contributed by atoms with E-state index in [1.54, 1.807) is 6.07 Å². The van der Waals surface area contributed by atoms with Crippen LogP contribution in [-0.2, 0) is 0 Å². The minimum absolute atomic E-state index is 0.120. The summed E-state index contributed by atoms with van der Waals surface area (Å²) in [4.78, 5) is 0. The first-order chi connectivity index (χ1) is 8.84. The van der Waals surface area contributed by atoms with Gasteiger partial charge in [-0.15, -0.1) is 0 Å². The summed E-state index contributed by atoms with van der Waals surface area (Å²) in [5, 5.41) is 3.67. The predicted octanol–water partition coefficient (Wildman–Crippen LogP) is 4.76. The molecule has 0 radical (unpaired) electrons. The summed E-state index contributed by atoms with van der Waals surface area (Å²) in [5.74, 6) is 0.710. The Morgan fingerprint density at radius 3 is 2.53 bits per heavy atom. The van der Waals surface area contributed by atoms with Crippen molar-refractivity contribution >= 4 is 5.69 Å². The van der Waals surface area contributed by atoms with Crippen LogP contribution in [0, 0.1) is 29.5 Å². The molecule has 1 aromatic rings. The van der Waals surface area contributed by atoms with Gasteiger partial charge in [0.15, 0.2) is 0 Å². The summed E-state index contributed by atoms with van der Waals surface area (Å²) >= 11 is 0. The van der Waals surface area contributed by atoms with Crippen LogP contribution in [0.15, 0.2) is 18.2 Å². The molecule has 0 heterocycles. The molecular formula is C17H24FN. The lowest BCUT2D eigenvalue weighted by atomic mass is 9.69. The van der Waals surface area contributed by atoms with Crippen LogP contribution in [0.3, 0.4) is 0 Å². The number of fused-ring (bicyclic) bond motifs is 2. The molecule has 3 unspecified atom stereocenters. The molecule has 2 aliphatic rings. The Bertz CT molecular complexity index is 508. The average molecular weight is 261 g/mol. The molecule has 2 heteroatoms. The number of halogens is 1. The minimum Gasteiger partial charge on any atom is -0.382 e. The smallest absolute Gasteiger partial charge is 0.126 e. The molecule has 0 spiro atoms. The van der Waals surface area contributed by atoms with E-state index < -0.39 is 0 Å². The number of hydrogen-bond donors (Lipinski definition) is 1. The van der Waals surface area contributed by atoms with Crippen molar-refractivity contribution in [3.8, 4) is 0 Å². The summed E-state index contributed by atoms with van der Waals surface area (Å²) in [6.45, 7) is 9.09. The Balaban J connectivity index is 1.84. The van der Waals surface area contributed by atoms with Gasteiger partial charge in [0.2, 0.25) is 0 Å². The number of anilines is 1. The molecule has 0 aromatic heterocycles. The van der Waals surface area contributed by atoms with E-state index >= 15 is 0 Å². The van der Waals surface area contributed by atoms with E-state index in [0.717, 1.165) is 17.2 Å². The second-order valence-electron chi connectivity index (χ2n) is 7.27. The number of nitrogens with one attached hydrogen (secondary N) is 1. The Hall–Kier alpha value is -1.05. The van der Waals surface area contributed by atoms with Crippen molar-refractivity contribution in [2.45, 2.75) is 53.0 Å². The highest BCUT2D eigenvalue weighted by Crippen LogP contribution is 2.65. The summed E-state index contributed by atoms with van der Waals surface area (Å²) in [7, 11) is 0. The van der Waals surface area contributed by atoms with Crippen LogP contribution in [-0.4, -0.2) is 6.04 Å². The molecule has 0 aliphatic heterocycles. The fourth-order valence-corrected chi connectivity index (χ4v) is 4.36. The van der Waals surface area contributed by atoms with Crippen LogP contribution in [0.5, 0.6) is 0 Å². The lowest BCUT2D eigenvalue weighted by Crippen LogP contribution is -2.40. The summed E-state index contributed by atoms with van der Waals surface area (Å²) in [6, 6.07) is 5.88. The SMILES string of the molecule is Cc1cc(NC2CC3CCC2(C)C3(C)C)ccc1F. The first-order valence-electron chi connectivity index (χ1n) is 7.37. The van der Waals surface area contributed by atoms with Gasteiger partial charge in [-0.25, -0.2) is 4.39 Å². The highest BCUT2D eigenvalue weighted by atomic mass is 19.1. The molecule has 0 amide bonds. The molecule has 1 nitrogen and oxygen atoms in total. The first kappa shape index (κ1) is 13.0. The van der Waals surface area contributed by atoms with Crippen molar-refractivity contribution in [2.24, 2.45) is 16.7 Å². The molecule has 3 rings (SSSR count). The zero-order valence-electron chi connectivity index (χ0n) is 12.4. The van der Waals surface area contributed by atoms with Gasteiger partial charge in [-0.2, -0.15) is 0 Å². The maximum absolute atomic E-state index is 13.3. The zero-order valence-corrected chi connectivity index (χ0v) is 12.4. The van der Waals surface area contributed by atoms with E-state index in [1.807, 2.05) is 19.1 Å². The van der Waals surface area contributed by atoms with Crippen LogP contribution in [0.4, 0.5) is 10.1 Å². The normalized spacial score (nSPS) is 35.6. The number of hydrogen-bond acceptors (Lipinski definition) is 1. The average Bonchev–Trinajstić information content (AvgIpc) is 2.67. The van der Waals surface area contributed by atoms with Crippen LogP contribution >= 0.6 is 0 Å². The third-order valence-corrected chi connectivity index (χ3v) is 6.29. The Kier molecular flexibility index (Phi) is 2.71. The molecule has 1 N–H and O–H groups in total. The third kappa shape index (κ3) is 1.72. The lowest BCUT2D eigenvalue weighted by Gasteiger charge is -2.40. The van der Waals surface area contributed by atoms with Crippen molar-refractivity contribution in [2.75, 3.05) is 5.32 Å². The third-order valence-electron chi connectivity index (χ3n) is 6.29. The summed E-state index contributed by atoms with van der Waals surface area (Å²) < 4.78 is 13.3. The van der Waals surface area contributed by atoms with E-state index in [-0.39, 0.29) is 5.82 Å². The van der Waals surface area contributed by atoms with E-state index in [4.69, 9.17) is 0 Å². The van der Waals surface area contributed by atoms with Gasteiger partial charge >= 0.3 is 0 Å². The fraction of sp³-hybridized carbons (Fsp3) is 0.647. The number of rotatable bonds is 2. The molecule has 104 valence electrons. The standard InChI is InChI=1S/C17H24FN/c1-11-9-13(5-6-14(11)18)19-15-10-12-7-8-17(15,4)16(12,2)3/h5-6,9,12,15,19H,7-8,10H2,1-4H3. The molecule has 3 atom stereocenters. The molecule has 1 aromatic carbocycles. The molecule has 19 heavy (non-hydrogen) atoms.